The van der Waals surface area contributed by atoms with Crippen LogP contribution < -0.4 is 0 Å². The van der Waals surface area contributed by atoms with Crippen molar-refractivity contribution in [1.29, 1.82) is 0 Å². The highest BCUT2D eigenvalue weighted by molar-refractivity contribution is 7.91. The molecule has 0 bridgehead atoms. The second kappa shape index (κ2) is 13.2. The maximum absolute atomic E-state index is 12.8. The van der Waals surface area contributed by atoms with Gasteiger partial charge in [-0.2, -0.15) is 0 Å². The molecule has 6 heteroatoms. The van der Waals surface area contributed by atoms with Crippen molar-refractivity contribution in [2.75, 3.05) is 26.2 Å². The normalized spacial score (nSPS) is 18.5. The van der Waals surface area contributed by atoms with E-state index in [1.807, 2.05) is 18.2 Å². The van der Waals surface area contributed by atoms with Gasteiger partial charge < -0.3 is 9.69 Å². The standard InChI is InChI=1S/C28H40N2O3S/c1-3-29(19-10-11-21-30-20-9-5-6-12-26(30)23-31)24(2)22-25-15-17-28(18-16-25)34(32,33)27-13-7-4-8-14-27/h4,7-8,13-18,23-24,26H,3,5-6,9-12,19-22H2,1-2H3. The molecule has 0 aromatic heterocycles. The monoisotopic (exact) mass is 484 g/mol. The number of rotatable bonds is 12. The largest absolute Gasteiger partial charge is 0.302 e. The van der Waals surface area contributed by atoms with Gasteiger partial charge in [-0.05, 0) is 95.0 Å². The van der Waals surface area contributed by atoms with E-state index in [0.29, 0.717) is 15.8 Å². The zero-order chi connectivity index (χ0) is 24.4. The number of hydrogen-bond donors (Lipinski definition) is 0. The Bertz CT molecular complexity index is 976. The van der Waals surface area contributed by atoms with Crippen LogP contribution in [0.25, 0.3) is 0 Å². The Labute approximate surface area is 206 Å². The zero-order valence-electron chi connectivity index (χ0n) is 20.7. The molecule has 1 fully saturated rings. The molecule has 5 nitrogen and oxygen atoms in total. The summed E-state index contributed by atoms with van der Waals surface area (Å²) in [6, 6.07) is 16.4. The number of aldehydes is 1. The first kappa shape index (κ1) is 26.6. The molecule has 2 atom stereocenters. The van der Waals surface area contributed by atoms with Gasteiger partial charge in [-0.25, -0.2) is 8.42 Å². The topological polar surface area (TPSA) is 57.7 Å². The average Bonchev–Trinajstić information content (AvgIpc) is 3.10. The predicted octanol–water partition coefficient (Wildman–Crippen LogP) is 5.00. The van der Waals surface area contributed by atoms with Crippen LogP contribution in [0.4, 0.5) is 0 Å². The van der Waals surface area contributed by atoms with Gasteiger partial charge in [-0.15, -0.1) is 0 Å². The second-order valence-electron chi connectivity index (χ2n) is 9.44. The number of hydrogen-bond acceptors (Lipinski definition) is 5. The lowest BCUT2D eigenvalue weighted by molar-refractivity contribution is -0.112. The van der Waals surface area contributed by atoms with Gasteiger partial charge in [0.15, 0.2) is 0 Å². The van der Waals surface area contributed by atoms with Crippen molar-refractivity contribution in [2.24, 2.45) is 0 Å². The fourth-order valence-corrected chi connectivity index (χ4v) is 6.24. The molecule has 0 radical (unpaired) electrons. The van der Waals surface area contributed by atoms with Crippen LogP contribution in [0.3, 0.4) is 0 Å². The van der Waals surface area contributed by atoms with E-state index in [4.69, 9.17) is 0 Å². The van der Waals surface area contributed by atoms with Gasteiger partial charge >= 0.3 is 0 Å². The molecule has 2 unspecified atom stereocenters. The number of benzene rings is 2. The van der Waals surface area contributed by atoms with Crippen molar-refractivity contribution in [3.8, 4) is 0 Å². The summed E-state index contributed by atoms with van der Waals surface area (Å²) in [5.74, 6) is 0. The van der Waals surface area contributed by atoms with Gasteiger partial charge in [-0.3, -0.25) is 4.90 Å². The highest BCUT2D eigenvalue weighted by atomic mass is 32.2. The minimum absolute atomic E-state index is 0.109. The molecule has 3 rings (SSSR count). The highest BCUT2D eigenvalue weighted by Crippen LogP contribution is 2.22. The molecule has 0 amide bonds. The third-order valence-corrected chi connectivity index (χ3v) is 8.85. The summed E-state index contributed by atoms with van der Waals surface area (Å²) in [4.78, 5) is 17.0. The predicted molar refractivity (Wildman–Crippen MR) is 138 cm³/mol. The summed E-state index contributed by atoms with van der Waals surface area (Å²) < 4.78 is 25.6. The Kier molecular flexibility index (Phi) is 10.3. The molecule has 1 heterocycles. The number of carbonyl (C=O) groups is 1. The van der Waals surface area contributed by atoms with Crippen LogP contribution in [0.5, 0.6) is 0 Å². The van der Waals surface area contributed by atoms with E-state index in [0.717, 1.165) is 63.7 Å². The molecule has 2 aromatic carbocycles. The first-order chi connectivity index (χ1) is 16.5. The molecule has 0 aliphatic carbocycles. The first-order valence-electron chi connectivity index (χ1n) is 12.8. The molecule has 0 N–H and O–H groups in total. The number of carbonyl (C=O) groups excluding carboxylic acids is 1. The summed E-state index contributed by atoms with van der Waals surface area (Å²) in [6.07, 6.45) is 8.87. The van der Waals surface area contributed by atoms with Gasteiger partial charge in [0.25, 0.3) is 0 Å². The molecule has 186 valence electrons. The van der Waals surface area contributed by atoms with Crippen LogP contribution >= 0.6 is 0 Å². The van der Waals surface area contributed by atoms with Crippen molar-refractivity contribution >= 4 is 16.1 Å². The van der Waals surface area contributed by atoms with Crippen molar-refractivity contribution in [3.63, 3.8) is 0 Å². The fraction of sp³-hybridized carbons (Fsp3) is 0.536. The quantitative estimate of drug-likeness (QED) is 0.314. The van der Waals surface area contributed by atoms with E-state index in [9.17, 15) is 13.2 Å². The van der Waals surface area contributed by atoms with E-state index in [2.05, 4.69) is 23.6 Å². The van der Waals surface area contributed by atoms with Gasteiger partial charge in [-0.1, -0.05) is 50.1 Å². The Balaban J connectivity index is 1.49. The Morgan fingerprint density at radius 1 is 1.00 bits per heavy atom. The number of nitrogens with zero attached hydrogens (tertiary/aromatic N) is 2. The molecule has 2 aromatic rings. The van der Waals surface area contributed by atoms with Crippen LogP contribution in [-0.2, 0) is 21.1 Å². The lowest BCUT2D eigenvalue weighted by atomic mass is 10.1. The molecule has 0 spiro atoms. The summed E-state index contributed by atoms with van der Waals surface area (Å²) in [5.41, 5.74) is 1.15. The van der Waals surface area contributed by atoms with E-state index in [1.54, 1.807) is 36.4 Å². The Hall–Kier alpha value is -2.02. The van der Waals surface area contributed by atoms with Gasteiger partial charge in [0, 0.05) is 6.04 Å². The van der Waals surface area contributed by atoms with Crippen LogP contribution in [0.1, 0.15) is 57.9 Å². The summed E-state index contributed by atoms with van der Waals surface area (Å²) in [6.45, 7) is 8.53. The Morgan fingerprint density at radius 2 is 1.71 bits per heavy atom. The third kappa shape index (κ3) is 7.24. The molecular formula is C28H40N2O3S. The lowest BCUT2D eigenvalue weighted by Crippen LogP contribution is -2.38. The minimum Gasteiger partial charge on any atom is -0.302 e. The smallest absolute Gasteiger partial charge is 0.206 e. The fourth-order valence-electron chi connectivity index (χ4n) is 4.96. The maximum Gasteiger partial charge on any atom is 0.206 e. The van der Waals surface area contributed by atoms with Crippen LogP contribution in [0, 0.1) is 0 Å². The summed E-state index contributed by atoms with van der Waals surface area (Å²) >= 11 is 0. The second-order valence-corrected chi connectivity index (χ2v) is 11.4. The van der Waals surface area contributed by atoms with Crippen molar-refractivity contribution in [3.05, 3.63) is 60.2 Å². The molecule has 0 saturated carbocycles. The van der Waals surface area contributed by atoms with Crippen LogP contribution in [0.2, 0.25) is 0 Å². The summed E-state index contributed by atoms with van der Waals surface area (Å²) in [7, 11) is -3.47. The number of unbranched alkanes of at least 4 members (excludes halogenated alkanes) is 1. The van der Waals surface area contributed by atoms with E-state index < -0.39 is 9.84 Å². The average molecular weight is 485 g/mol. The third-order valence-electron chi connectivity index (χ3n) is 7.06. The maximum atomic E-state index is 12.8. The van der Waals surface area contributed by atoms with Crippen LogP contribution in [-0.4, -0.2) is 62.8 Å². The number of likely N-dealkylation sites (N-methyl/N-ethyl adjacent to an activating group) is 1. The lowest BCUT2D eigenvalue weighted by Gasteiger charge is -2.29. The van der Waals surface area contributed by atoms with Crippen molar-refractivity contribution < 1.29 is 13.2 Å². The highest BCUT2D eigenvalue weighted by Gasteiger charge is 2.20. The molecule has 1 aliphatic rings. The zero-order valence-corrected chi connectivity index (χ0v) is 21.6. The van der Waals surface area contributed by atoms with Gasteiger partial charge in [0.2, 0.25) is 9.84 Å². The first-order valence-corrected chi connectivity index (χ1v) is 14.3. The summed E-state index contributed by atoms with van der Waals surface area (Å²) in [5, 5.41) is 0. The number of sulfone groups is 1. The molecule has 1 saturated heterocycles. The van der Waals surface area contributed by atoms with E-state index >= 15 is 0 Å². The molecule has 1 aliphatic heterocycles. The minimum atomic E-state index is -3.47. The molecular weight excluding hydrogens is 444 g/mol. The number of likely N-dealkylation sites (tertiary alicyclic amines) is 1. The van der Waals surface area contributed by atoms with E-state index in [-0.39, 0.29) is 6.04 Å². The van der Waals surface area contributed by atoms with E-state index in [1.165, 1.54) is 19.3 Å². The van der Waals surface area contributed by atoms with Crippen molar-refractivity contribution in [2.45, 2.75) is 80.7 Å². The van der Waals surface area contributed by atoms with Crippen molar-refractivity contribution in [1.82, 2.24) is 9.80 Å². The van der Waals surface area contributed by atoms with Crippen LogP contribution in [0.15, 0.2) is 64.4 Å². The SMILES string of the molecule is CCN(CCCCN1CCCCCC1C=O)C(C)Cc1ccc(S(=O)(=O)c2ccccc2)cc1. The Morgan fingerprint density at radius 3 is 2.38 bits per heavy atom. The van der Waals surface area contributed by atoms with Gasteiger partial charge in [0.1, 0.15) is 6.29 Å². The molecule has 34 heavy (non-hydrogen) atoms. The van der Waals surface area contributed by atoms with Gasteiger partial charge in [0.05, 0.1) is 15.8 Å².